The molecule has 0 saturated heterocycles. The summed E-state index contributed by atoms with van der Waals surface area (Å²) in [5.74, 6) is 1.76. The first kappa shape index (κ1) is 20.0. The molecule has 0 atom stereocenters. The Balaban J connectivity index is 1.40. The Morgan fingerprint density at radius 3 is 2.54 bits per heavy atom. The first-order chi connectivity index (χ1) is 12.9. The fourth-order valence-electron chi connectivity index (χ4n) is 2.34. The van der Waals surface area contributed by atoms with Crippen molar-refractivity contribution in [2.75, 3.05) is 40.0 Å². The van der Waals surface area contributed by atoms with Gasteiger partial charge in [0.25, 0.3) is 0 Å². The molecule has 0 aliphatic rings. The minimum absolute atomic E-state index is 0.609. The molecule has 0 amide bonds. The molecule has 1 heterocycles. The molecule has 26 heavy (non-hydrogen) atoms. The predicted molar refractivity (Wildman–Crippen MR) is 103 cm³/mol. The van der Waals surface area contributed by atoms with Gasteiger partial charge >= 0.3 is 0 Å². The van der Waals surface area contributed by atoms with E-state index >= 15 is 0 Å². The van der Waals surface area contributed by atoms with Gasteiger partial charge in [-0.15, -0.1) is 0 Å². The fourth-order valence-corrected chi connectivity index (χ4v) is 2.34. The molecule has 1 aromatic heterocycles. The third-order valence-corrected chi connectivity index (χ3v) is 3.71. The molecule has 142 valence electrons. The van der Waals surface area contributed by atoms with Gasteiger partial charge in [0.15, 0.2) is 5.96 Å². The molecule has 0 unspecified atom stereocenters. The molecule has 2 rings (SSSR count). The highest BCUT2D eigenvalue weighted by Crippen LogP contribution is 2.00. The minimum atomic E-state index is 0.609. The quantitative estimate of drug-likeness (QED) is 0.346. The monoisotopic (exact) mass is 359 g/mol. The van der Waals surface area contributed by atoms with Crippen LogP contribution in [0.3, 0.4) is 0 Å². The summed E-state index contributed by atoms with van der Waals surface area (Å²) in [4.78, 5) is 4.20. The Morgan fingerprint density at radius 1 is 0.962 bits per heavy atom. The van der Waals surface area contributed by atoms with Crippen molar-refractivity contribution in [1.29, 1.82) is 0 Å². The molecule has 2 N–H and O–H groups in total. The molecule has 0 fully saturated rings. The summed E-state index contributed by atoms with van der Waals surface area (Å²) < 4.78 is 16.5. The number of nitrogens with zero attached hydrogens (tertiary/aromatic N) is 1. The average molecular weight is 359 g/mol. The van der Waals surface area contributed by atoms with Gasteiger partial charge in [0.05, 0.1) is 26.1 Å². The van der Waals surface area contributed by atoms with Crippen molar-refractivity contribution in [2.45, 2.75) is 19.4 Å². The number of rotatable bonds is 12. The van der Waals surface area contributed by atoms with Crippen LogP contribution in [-0.4, -0.2) is 45.9 Å². The van der Waals surface area contributed by atoms with Crippen LogP contribution in [0.4, 0.5) is 0 Å². The maximum Gasteiger partial charge on any atom is 0.190 e. The Bertz CT molecular complexity index is 600. The lowest BCUT2D eigenvalue weighted by atomic mass is 10.2. The van der Waals surface area contributed by atoms with Gasteiger partial charge in [-0.3, -0.25) is 4.99 Å². The van der Waals surface area contributed by atoms with Gasteiger partial charge in [-0.05, 0) is 24.1 Å². The van der Waals surface area contributed by atoms with E-state index in [0.29, 0.717) is 26.4 Å². The maximum absolute atomic E-state index is 5.58. The zero-order chi connectivity index (χ0) is 18.3. The molecule has 0 bridgehead atoms. The standard InChI is InChI=1S/C20H29N3O3/c1-21-20(23-12-10-19-9-5-14-26-19)22-11-6-13-24-15-16-25-17-18-7-3-2-4-8-18/h2-5,7-9,14H,6,10-13,15-17H2,1H3,(H2,21,22,23). The van der Waals surface area contributed by atoms with Crippen LogP contribution >= 0.6 is 0 Å². The number of aliphatic imine (C=N–C) groups is 1. The lowest BCUT2D eigenvalue weighted by Gasteiger charge is -2.11. The molecule has 6 heteroatoms. The maximum atomic E-state index is 5.58. The van der Waals surface area contributed by atoms with Crippen molar-refractivity contribution in [2.24, 2.45) is 4.99 Å². The highest BCUT2D eigenvalue weighted by molar-refractivity contribution is 5.79. The topological polar surface area (TPSA) is 68.0 Å². The Kier molecular flexibility index (Phi) is 9.98. The van der Waals surface area contributed by atoms with Gasteiger partial charge in [0.1, 0.15) is 5.76 Å². The first-order valence-corrected chi connectivity index (χ1v) is 9.05. The minimum Gasteiger partial charge on any atom is -0.469 e. The zero-order valence-corrected chi connectivity index (χ0v) is 15.4. The molecule has 0 spiro atoms. The van der Waals surface area contributed by atoms with E-state index in [-0.39, 0.29) is 0 Å². The number of hydrogen-bond acceptors (Lipinski definition) is 4. The number of benzene rings is 1. The third kappa shape index (κ3) is 8.69. The van der Waals surface area contributed by atoms with Crippen LogP contribution in [0, 0.1) is 0 Å². The smallest absolute Gasteiger partial charge is 0.190 e. The van der Waals surface area contributed by atoms with E-state index in [4.69, 9.17) is 13.9 Å². The molecule has 0 aliphatic heterocycles. The van der Waals surface area contributed by atoms with Crippen molar-refractivity contribution in [3.8, 4) is 0 Å². The van der Waals surface area contributed by atoms with Crippen LogP contribution in [0.2, 0.25) is 0 Å². The van der Waals surface area contributed by atoms with Gasteiger partial charge in [-0.2, -0.15) is 0 Å². The highest BCUT2D eigenvalue weighted by Gasteiger charge is 1.99. The van der Waals surface area contributed by atoms with Crippen molar-refractivity contribution >= 4 is 5.96 Å². The van der Waals surface area contributed by atoms with Crippen molar-refractivity contribution in [3.63, 3.8) is 0 Å². The largest absolute Gasteiger partial charge is 0.469 e. The second-order valence-electron chi connectivity index (χ2n) is 5.76. The van der Waals surface area contributed by atoms with Crippen LogP contribution in [0.15, 0.2) is 58.1 Å². The lowest BCUT2D eigenvalue weighted by Crippen LogP contribution is -2.39. The number of ether oxygens (including phenoxy) is 2. The van der Waals surface area contributed by atoms with E-state index in [1.807, 2.05) is 30.3 Å². The Hall–Kier alpha value is -2.31. The third-order valence-electron chi connectivity index (χ3n) is 3.71. The summed E-state index contributed by atoms with van der Waals surface area (Å²) in [7, 11) is 1.77. The lowest BCUT2D eigenvalue weighted by molar-refractivity contribution is 0.0401. The van der Waals surface area contributed by atoms with Crippen LogP contribution in [0.25, 0.3) is 0 Å². The molecular formula is C20H29N3O3. The van der Waals surface area contributed by atoms with Crippen molar-refractivity contribution in [3.05, 3.63) is 60.1 Å². The normalized spacial score (nSPS) is 11.5. The van der Waals surface area contributed by atoms with E-state index in [1.54, 1.807) is 13.3 Å². The molecule has 6 nitrogen and oxygen atoms in total. The predicted octanol–water partition coefficient (Wildman–Crippen LogP) is 2.61. The Labute approximate surface area is 155 Å². The van der Waals surface area contributed by atoms with E-state index < -0.39 is 0 Å². The van der Waals surface area contributed by atoms with Gasteiger partial charge in [-0.25, -0.2) is 0 Å². The van der Waals surface area contributed by atoms with E-state index in [1.165, 1.54) is 5.56 Å². The highest BCUT2D eigenvalue weighted by atomic mass is 16.5. The van der Waals surface area contributed by atoms with Gasteiger partial charge in [-0.1, -0.05) is 30.3 Å². The molecule has 0 saturated carbocycles. The number of hydrogen-bond donors (Lipinski definition) is 2. The summed E-state index contributed by atoms with van der Waals surface area (Å²) in [6, 6.07) is 14.0. The summed E-state index contributed by atoms with van der Waals surface area (Å²) in [5, 5.41) is 6.53. The molecular weight excluding hydrogens is 330 g/mol. The van der Waals surface area contributed by atoms with E-state index in [2.05, 4.69) is 27.8 Å². The van der Waals surface area contributed by atoms with Gasteiger partial charge < -0.3 is 24.5 Å². The Morgan fingerprint density at radius 2 is 1.77 bits per heavy atom. The molecule has 2 aromatic rings. The van der Waals surface area contributed by atoms with Crippen LogP contribution < -0.4 is 10.6 Å². The van der Waals surface area contributed by atoms with Gasteiger partial charge in [0, 0.05) is 33.2 Å². The van der Waals surface area contributed by atoms with Crippen LogP contribution in [0.1, 0.15) is 17.7 Å². The average Bonchev–Trinajstić information content (AvgIpc) is 3.19. The van der Waals surface area contributed by atoms with Gasteiger partial charge in [0.2, 0.25) is 0 Å². The fraction of sp³-hybridized carbons (Fsp3) is 0.450. The second kappa shape index (κ2) is 13.0. The first-order valence-electron chi connectivity index (χ1n) is 9.05. The number of nitrogens with one attached hydrogen (secondary N) is 2. The second-order valence-corrected chi connectivity index (χ2v) is 5.76. The molecule has 0 radical (unpaired) electrons. The zero-order valence-electron chi connectivity index (χ0n) is 15.4. The number of guanidine groups is 1. The van der Waals surface area contributed by atoms with E-state index in [9.17, 15) is 0 Å². The number of furan rings is 1. The molecule has 1 aromatic carbocycles. The van der Waals surface area contributed by atoms with Crippen molar-refractivity contribution < 1.29 is 13.9 Å². The summed E-state index contributed by atoms with van der Waals surface area (Å²) in [5.41, 5.74) is 1.18. The summed E-state index contributed by atoms with van der Waals surface area (Å²) in [6.07, 6.45) is 3.44. The van der Waals surface area contributed by atoms with Crippen LogP contribution in [-0.2, 0) is 22.5 Å². The SMILES string of the molecule is CN=C(NCCCOCCOCc1ccccc1)NCCc1ccco1. The summed E-state index contributed by atoms with van der Waals surface area (Å²) >= 11 is 0. The molecule has 0 aliphatic carbocycles. The van der Waals surface area contributed by atoms with Crippen LogP contribution in [0.5, 0.6) is 0 Å². The summed E-state index contributed by atoms with van der Waals surface area (Å²) in [6.45, 7) is 4.14. The van der Waals surface area contributed by atoms with Crippen molar-refractivity contribution in [1.82, 2.24) is 10.6 Å². The van der Waals surface area contributed by atoms with E-state index in [0.717, 1.165) is 37.7 Å².